The van der Waals surface area contributed by atoms with E-state index in [2.05, 4.69) is 23.3 Å². The van der Waals surface area contributed by atoms with Gasteiger partial charge in [0.2, 0.25) is 0 Å². The van der Waals surface area contributed by atoms with Gasteiger partial charge >= 0.3 is 0 Å². The molecular formula is C11H12N2. The van der Waals surface area contributed by atoms with Gasteiger partial charge in [-0.05, 0) is 36.4 Å². The van der Waals surface area contributed by atoms with Crippen LogP contribution in [-0.2, 0) is 0 Å². The van der Waals surface area contributed by atoms with Crippen molar-refractivity contribution in [3.05, 3.63) is 47.9 Å². The number of allylic oxidation sites excluding steroid dienone is 2. The Morgan fingerprint density at radius 2 is 2.38 bits per heavy atom. The molecule has 0 aromatic carbocycles. The fourth-order valence-corrected chi connectivity index (χ4v) is 1.45. The van der Waals surface area contributed by atoms with E-state index in [0.717, 1.165) is 6.54 Å². The Hall–Kier alpha value is -1.57. The first-order chi connectivity index (χ1) is 6.38. The van der Waals surface area contributed by atoms with Gasteiger partial charge in [-0.2, -0.15) is 0 Å². The van der Waals surface area contributed by atoms with Crippen molar-refractivity contribution in [3.63, 3.8) is 0 Å². The predicted molar refractivity (Wildman–Crippen MR) is 54.1 cm³/mol. The van der Waals surface area contributed by atoms with E-state index < -0.39 is 0 Å². The Bertz CT molecular complexity index is 364. The second-order valence-electron chi connectivity index (χ2n) is 3.12. The van der Waals surface area contributed by atoms with Crippen LogP contribution in [0.5, 0.6) is 0 Å². The van der Waals surface area contributed by atoms with E-state index in [1.807, 2.05) is 30.7 Å². The highest BCUT2D eigenvalue weighted by Crippen LogP contribution is 2.17. The van der Waals surface area contributed by atoms with Gasteiger partial charge in [0.05, 0.1) is 0 Å². The van der Waals surface area contributed by atoms with Crippen molar-refractivity contribution < 1.29 is 0 Å². The van der Waals surface area contributed by atoms with Gasteiger partial charge in [0.25, 0.3) is 0 Å². The van der Waals surface area contributed by atoms with Gasteiger partial charge in [-0.15, -0.1) is 0 Å². The third-order valence-corrected chi connectivity index (χ3v) is 2.19. The first-order valence-corrected chi connectivity index (χ1v) is 4.38. The lowest BCUT2D eigenvalue weighted by Crippen LogP contribution is -2.12. The summed E-state index contributed by atoms with van der Waals surface area (Å²) in [5.41, 5.74) is 3.81. The zero-order valence-electron chi connectivity index (χ0n) is 7.62. The minimum atomic E-state index is 0.892. The van der Waals surface area contributed by atoms with Gasteiger partial charge in [0.15, 0.2) is 0 Å². The number of nitrogens with one attached hydrogen (secondary N) is 1. The molecule has 0 unspecified atom stereocenters. The van der Waals surface area contributed by atoms with Gasteiger partial charge in [0.1, 0.15) is 0 Å². The van der Waals surface area contributed by atoms with Gasteiger partial charge in [-0.25, -0.2) is 0 Å². The van der Waals surface area contributed by atoms with Crippen LogP contribution in [-0.4, -0.2) is 11.5 Å². The van der Waals surface area contributed by atoms with Crippen LogP contribution in [0.15, 0.2) is 36.8 Å². The summed E-state index contributed by atoms with van der Waals surface area (Å²) < 4.78 is 0. The molecule has 0 saturated heterocycles. The summed E-state index contributed by atoms with van der Waals surface area (Å²) in [4.78, 5) is 4.13. The quantitative estimate of drug-likeness (QED) is 0.699. The summed E-state index contributed by atoms with van der Waals surface area (Å²) in [6.07, 6.45) is 9.84. The summed E-state index contributed by atoms with van der Waals surface area (Å²) in [7, 11) is 0. The van der Waals surface area contributed by atoms with Crippen molar-refractivity contribution in [3.8, 4) is 0 Å². The maximum absolute atomic E-state index is 4.13. The van der Waals surface area contributed by atoms with Crippen LogP contribution >= 0.6 is 0 Å². The van der Waals surface area contributed by atoms with E-state index >= 15 is 0 Å². The smallest absolute Gasteiger partial charge is 0.0401 e. The maximum atomic E-state index is 4.13. The van der Waals surface area contributed by atoms with E-state index in [-0.39, 0.29) is 0 Å². The van der Waals surface area contributed by atoms with Crippen LogP contribution in [0, 0.1) is 6.92 Å². The van der Waals surface area contributed by atoms with Crippen molar-refractivity contribution in [1.82, 2.24) is 10.3 Å². The number of pyridine rings is 1. The van der Waals surface area contributed by atoms with Gasteiger partial charge in [-0.1, -0.05) is 6.08 Å². The SMILES string of the molecule is Cc1ccncc1C1=CC=CNC1. The number of hydrogen-bond donors (Lipinski definition) is 1. The molecule has 0 aliphatic carbocycles. The predicted octanol–water partition coefficient (Wildman–Crippen LogP) is 1.89. The van der Waals surface area contributed by atoms with E-state index in [1.54, 1.807) is 0 Å². The van der Waals surface area contributed by atoms with Crippen LogP contribution in [0.1, 0.15) is 11.1 Å². The molecule has 66 valence electrons. The van der Waals surface area contributed by atoms with Crippen LogP contribution < -0.4 is 5.32 Å². The Morgan fingerprint density at radius 1 is 1.46 bits per heavy atom. The maximum Gasteiger partial charge on any atom is 0.0401 e. The molecule has 1 aromatic heterocycles. The lowest BCUT2D eigenvalue weighted by atomic mass is 10.0. The number of hydrogen-bond acceptors (Lipinski definition) is 2. The molecular weight excluding hydrogens is 160 g/mol. The standard InChI is InChI=1S/C11H12N2/c1-9-4-6-13-8-11(9)10-3-2-5-12-7-10/h2-6,8,12H,7H2,1H3. The molecule has 0 saturated carbocycles. The van der Waals surface area contributed by atoms with Crippen LogP contribution in [0.2, 0.25) is 0 Å². The lowest BCUT2D eigenvalue weighted by molar-refractivity contribution is 0.982. The fourth-order valence-electron chi connectivity index (χ4n) is 1.45. The van der Waals surface area contributed by atoms with Crippen LogP contribution in [0.25, 0.3) is 5.57 Å². The summed E-state index contributed by atoms with van der Waals surface area (Å²) in [5, 5.41) is 3.18. The third-order valence-electron chi connectivity index (χ3n) is 2.19. The molecule has 0 radical (unpaired) electrons. The summed E-state index contributed by atoms with van der Waals surface area (Å²) in [6.45, 7) is 3.00. The van der Waals surface area contributed by atoms with Crippen molar-refractivity contribution in [2.45, 2.75) is 6.92 Å². The summed E-state index contributed by atoms with van der Waals surface area (Å²) in [5.74, 6) is 0. The van der Waals surface area contributed by atoms with Gasteiger partial charge in [-0.3, -0.25) is 4.98 Å². The van der Waals surface area contributed by atoms with E-state index in [9.17, 15) is 0 Å². The summed E-state index contributed by atoms with van der Waals surface area (Å²) in [6, 6.07) is 2.04. The van der Waals surface area contributed by atoms with Crippen molar-refractivity contribution in [2.75, 3.05) is 6.54 Å². The normalized spacial score (nSPS) is 15.0. The average molecular weight is 172 g/mol. The fraction of sp³-hybridized carbons (Fsp3) is 0.182. The second-order valence-corrected chi connectivity index (χ2v) is 3.12. The Balaban J connectivity index is 2.40. The second kappa shape index (κ2) is 3.44. The molecule has 0 fully saturated rings. The minimum Gasteiger partial charge on any atom is -0.387 e. The van der Waals surface area contributed by atoms with Gasteiger partial charge in [0, 0.05) is 24.5 Å². The van der Waals surface area contributed by atoms with Crippen molar-refractivity contribution in [2.24, 2.45) is 0 Å². The monoisotopic (exact) mass is 172 g/mol. The van der Waals surface area contributed by atoms with Crippen LogP contribution in [0.3, 0.4) is 0 Å². The van der Waals surface area contributed by atoms with Gasteiger partial charge < -0.3 is 5.32 Å². The minimum absolute atomic E-state index is 0.892. The summed E-state index contributed by atoms with van der Waals surface area (Å²) >= 11 is 0. The molecule has 2 heteroatoms. The highest BCUT2D eigenvalue weighted by Gasteiger charge is 2.04. The number of rotatable bonds is 1. The number of dihydropyridines is 1. The average Bonchev–Trinajstić information content (AvgIpc) is 2.20. The highest BCUT2D eigenvalue weighted by atomic mass is 14.8. The molecule has 2 nitrogen and oxygen atoms in total. The Morgan fingerprint density at radius 3 is 3.08 bits per heavy atom. The lowest BCUT2D eigenvalue weighted by Gasteiger charge is -2.12. The molecule has 1 aliphatic rings. The number of aryl methyl sites for hydroxylation is 1. The van der Waals surface area contributed by atoms with Crippen molar-refractivity contribution in [1.29, 1.82) is 0 Å². The zero-order chi connectivity index (χ0) is 9.10. The molecule has 0 bridgehead atoms. The molecule has 1 N–H and O–H groups in total. The topological polar surface area (TPSA) is 24.9 Å². The molecule has 2 heterocycles. The molecule has 0 amide bonds. The molecule has 1 aromatic rings. The number of nitrogens with zero attached hydrogens (tertiary/aromatic N) is 1. The first-order valence-electron chi connectivity index (χ1n) is 4.38. The van der Waals surface area contributed by atoms with Crippen molar-refractivity contribution >= 4 is 5.57 Å². The molecule has 1 aliphatic heterocycles. The Labute approximate surface area is 78.0 Å². The first kappa shape index (κ1) is 8.05. The third kappa shape index (κ3) is 1.61. The van der Waals surface area contributed by atoms with Crippen LogP contribution in [0.4, 0.5) is 0 Å². The van der Waals surface area contributed by atoms with E-state index in [1.165, 1.54) is 16.7 Å². The van der Waals surface area contributed by atoms with E-state index in [4.69, 9.17) is 0 Å². The molecule has 2 rings (SSSR count). The highest BCUT2D eigenvalue weighted by molar-refractivity contribution is 5.70. The molecule has 13 heavy (non-hydrogen) atoms. The molecule has 0 atom stereocenters. The largest absolute Gasteiger partial charge is 0.387 e. The van der Waals surface area contributed by atoms with E-state index in [0.29, 0.717) is 0 Å². The Kier molecular flexibility index (Phi) is 2.13. The number of aromatic nitrogens is 1. The molecule has 0 spiro atoms. The zero-order valence-corrected chi connectivity index (χ0v) is 7.62.